The van der Waals surface area contributed by atoms with E-state index in [2.05, 4.69) is 43.6 Å². The van der Waals surface area contributed by atoms with Crippen LogP contribution in [0.5, 0.6) is 0 Å². The third-order valence-corrected chi connectivity index (χ3v) is 4.45. The summed E-state index contributed by atoms with van der Waals surface area (Å²) < 4.78 is 20.0. The second-order valence-electron chi connectivity index (χ2n) is 5.58. The SMILES string of the molecule is CCc1noc(CC)c1CNC(=NC)NCCc1cc(Br)ccc1F.I. The van der Waals surface area contributed by atoms with Gasteiger partial charge in [-0.15, -0.1) is 24.0 Å². The van der Waals surface area contributed by atoms with Gasteiger partial charge in [-0.05, 0) is 36.6 Å². The first kappa shape index (κ1) is 22.9. The lowest BCUT2D eigenvalue weighted by Gasteiger charge is -2.12. The summed E-state index contributed by atoms with van der Waals surface area (Å²) in [6.07, 6.45) is 2.20. The highest BCUT2D eigenvalue weighted by Gasteiger charge is 2.13. The maximum absolute atomic E-state index is 13.8. The van der Waals surface area contributed by atoms with E-state index < -0.39 is 0 Å². The van der Waals surface area contributed by atoms with E-state index >= 15 is 0 Å². The largest absolute Gasteiger partial charge is 0.361 e. The average Bonchev–Trinajstić information content (AvgIpc) is 3.02. The monoisotopic (exact) mass is 538 g/mol. The second-order valence-corrected chi connectivity index (χ2v) is 6.49. The Balaban J connectivity index is 0.00000338. The van der Waals surface area contributed by atoms with Gasteiger partial charge in [-0.1, -0.05) is 34.9 Å². The van der Waals surface area contributed by atoms with Gasteiger partial charge in [0.15, 0.2) is 5.96 Å². The molecule has 0 saturated carbocycles. The van der Waals surface area contributed by atoms with E-state index in [1.807, 2.05) is 6.92 Å². The van der Waals surface area contributed by atoms with Crippen molar-refractivity contribution in [3.8, 4) is 0 Å². The lowest BCUT2D eigenvalue weighted by Crippen LogP contribution is -2.38. The van der Waals surface area contributed by atoms with Gasteiger partial charge in [-0.3, -0.25) is 4.99 Å². The van der Waals surface area contributed by atoms with E-state index in [1.165, 1.54) is 6.07 Å². The van der Waals surface area contributed by atoms with Crippen molar-refractivity contribution >= 4 is 45.9 Å². The number of halogens is 3. The molecule has 2 rings (SSSR count). The molecule has 1 aromatic carbocycles. The summed E-state index contributed by atoms with van der Waals surface area (Å²) >= 11 is 3.37. The van der Waals surface area contributed by atoms with Crippen LogP contribution in [0.3, 0.4) is 0 Å². The summed E-state index contributed by atoms with van der Waals surface area (Å²) in [5, 5.41) is 10.6. The molecule has 0 saturated heterocycles. The van der Waals surface area contributed by atoms with Crippen LogP contribution in [0.25, 0.3) is 0 Å². The molecule has 0 spiro atoms. The predicted molar refractivity (Wildman–Crippen MR) is 117 cm³/mol. The molecular weight excluding hydrogens is 514 g/mol. The van der Waals surface area contributed by atoms with E-state index in [1.54, 1.807) is 19.2 Å². The van der Waals surface area contributed by atoms with E-state index in [-0.39, 0.29) is 29.8 Å². The van der Waals surface area contributed by atoms with Gasteiger partial charge in [-0.25, -0.2) is 4.39 Å². The number of aryl methyl sites for hydroxylation is 2. The number of aliphatic imine (C=N–C) groups is 1. The summed E-state index contributed by atoms with van der Waals surface area (Å²) in [6.45, 7) is 5.28. The number of hydrogen-bond acceptors (Lipinski definition) is 3. The number of nitrogens with one attached hydrogen (secondary N) is 2. The Morgan fingerprint density at radius 2 is 2.04 bits per heavy atom. The number of aromatic nitrogens is 1. The minimum Gasteiger partial charge on any atom is -0.361 e. The quantitative estimate of drug-likeness (QED) is 0.315. The van der Waals surface area contributed by atoms with Crippen molar-refractivity contribution < 1.29 is 8.91 Å². The van der Waals surface area contributed by atoms with Crippen molar-refractivity contribution in [1.29, 1.82) is 0 Å². The smallest absolute Gasteiger partial charge is 0.191 e. The molecule has 0 atom stereocenters. The van der Waals surface area contributed by atoms with E-state index in [0.29, 0.717) is 31.0 Å². The average molecular weight is 539 g/mol. The Bertz CT molecular complexity index is 714. The molecule has 5 nitrogen and oxygen atoms in total. The van der Waals surface area contributed by atoms with Gasteiger partial charge in [0.2, 0.25) is 0 Å². The molecule has 26 heavy (non-hydrogen) atoms. The standard InChI is InChI=1S/C18H24BrFN4O.HI/c1-4-16-14(17(5-2)25-24-16)11-23-18(21-3)22-9-8-12-10-13(19)6-7-15(12)20;/h6-7,10H,4-5,8-9,11H2,1-3H3,(H2,21,22,23);1H. The van der Waals surface area contributed by atoms with E-state index in [4.69, 9.17) is 4.52 Å². The van der Waals surface area contributed by atoms with Gasteiger partial charge in [-0.2, -0.15) is 0 Å². The number of nitrogens with zero attached hydrogens (tertiary/aromatic N) is 2. The Labute approximate surface area is 179 Å². The fourth-order valence-corrected chi connectivity index (χ4v) is 2.99. The first-order valence-corrected chi connectivity index (χ1v) is 9.23. The summed E-state index contributed by atoms with van der Waals surface area (Å²) in [5.74, 6) is 1.37. The van der Waals surface area contributed by atoms with Crippen LogP contribution in [0.1, 0.15) is 36.4 Å². The third-order valence-electron chi connectivity index (χ3n) is 3.96. The van der Waals surface area contributed by atoms with Crippen LogP contribution in [0, 0.1) is 5.82 Å². The zero-order valence-corrected chi connectivity index (χ0v) is 19.2. The minimum absolute atomic E-state index is 0. The zero-order valence-electron chi connectivity index (χ0n) is 15.2. The Hall–Kier alpha value is -1.16. The fraction of sp³-hybridized carbons (Fsp3) is 0.444. The van der Waals surface area contributed by atoms with Gasteiger partial charge in [0.1, 0.15) is 11.6 Å². The molecule has 0 unspecified atom stereocenters. The van der Waals surface area contributed by atoms with Crippen LogP contribution >= 0.6 is 39.9 Å². The number of benzene rings is 1. The van der Waals surface area contributed by atoms with Crippen LogP contribution in [0.4, 0.5) is 4.39 Å². The lowest BCUT2D eigenvalue weighted by molar-refractivity contribution is 0.380. The van der Waals surface area contributed by atoms with Crippen molar-refractivity contribution in [3.05, 3.63) is 51.1 Å². The number of guanidine groups is 1. The summed E-state index contributed by atoms with van der Waals surface area (Å²) in [7, 11) is 1.71. The summed E-state index contributed by atoms with van der Waals surface area (Å²) in [4.78, 5) is 4.21. The molecule has 1 aromatic heterocycles. The van der Waals surface area contributed by atoms with Gasteiger partial charge < -0.3 is 15.2 Å². The van der Waals surface area contributed by atoms with Crippen LogP contribution in [-0.4, -0.2) is 24.7 Å². The van der Waals surface area contributed by atoms with Crippen molar-refractivity contribution in [2.75, 3.05) is 13.6 Å². The maximum atomic E-state index is 13.8. The van der Waals surface area contributed by atoms with E-state index in [9.17, 15) is 4.39 Å². The van der Waals surface area contributed by atoms with Gasteiger partial charge in [0, 0.05) is 36.6 Å². The number of hydrogen-bond donors (Lipinski definition) is 2. The predicted octanol–water partition coefficient (Wildman–Crippen LogP) is 4.23. The first-order valence-electron chi connectivity index (χ1n) is 8.43. The van der Waals surface area contributed by atoms with Crippen LogP contribution in [0.2, 0.25) is 0 Å². The molecule has 2 N–H and O–H groups in total. The minimum atomic E-state index is -0.197. The highest BCUT2D eigenvalue weighted by molar-refractivity contribution is 14.0. The molecule has 2 aromatic rings. The fourth-order valence-electron chi connectivity index (χ4n) is 2.58. The molecule has 144 valence electrons. The van der Waals surface area contributed by atoms with Crippen LogP contribution in [-0.2, 0) is 25.8 Å². The molecule has 1 heterocycles. The van der Waals surface area contributed by atoms with Crippen molar-refractivity contribution in [1.82, 2.24) is 15.8 Å². The normalized spacial score (nSPS) is 11.2. The lowest BCUT2D eigenvalue weighted by atomic mass is 10.1. The molecule has 0 bridgehead atoms. The van der Waals surface area contributed by atoms with Crippen LogP contribution < -0.4 is 10.6 Å². The van der Waals surface area contributed by atoms with Gasteiger partial charge >= 0.3 is 0 Å². The molecule has 0 amide bonds. The third kappa shape index (κ3) is 6.22. The first-order chi connectivity index (χ1) is 12.1. The molecule has 0 radical (unpaired) electrons. The number of rotatable bonds is 7. The molecule has 0 aliphatic rings. The van der Waals surface area contributed by atoms with Crippen molar-refractivity contribution in [2.24, 2.45) is 4.99 Å². The van der Waals surface area contributed by atoms with Crippen molar-refractivity contribution in [2.45, 2.75) is 39.7 Å². The summed E-state index contributed by atoms with van der Waals surface area (Å²) in [6, 6.07) is 4.96. The Morgan fingerprint density at radius 1 is 1.27 bits per heavy atom. The molecule has 0 aliphatic heterocycles. The Morgan fingerprint density at radius 3 is 2.69 bits per heavy atom. The van der Waals surface area contributed by atoms with Gasteiger partial charge in [0.25, 0.3) is 0 Å². The molecule has 8 heteroatoms. The maximum Gasteiger partial charge on any atom is 0.191 e. The van der Waals surface area contributed by atoms with Gasteiger partial charge in [0.05, 0.1) is 5.69 Å². The van der Waals surface area contributed by atoms with Crippen molar-refractivity contribution in [3.63, 3.8) is 0 Å². The molecule has 0 aliphatic carbocycles. The van der Waals surface area contributed by atoms with Crippen LogP contribution in [0.15, 0.2) is 32.2 Å². The zero-order chi connectivity index (χ0) is 18.2. The highest BCUT2D eigenvalue weighted by atomic mass is 127. The molecule has 0 fully saturated rings. The van der Waals surface area contributed by atoms with E-state index in [0.717, 1.165) is 34.3 Å². The topological polar surface area (TPSA) is 62.5 Å². The molecular formula is C18H25BrFIN4O. The highest BCUT2D eigenvalue weighted by Crippen LogP contribution is 2.16. The summed E-state index contributed by atoms with van der Waals surface area (Å²) in [5.41, 5.74) is 2.72. The Kier molecular flexibility index (Phi) is 10.1. The second kappa shape index (κ2) is 11.5.